The molecule has 0 spiro atoms. The van der Waals surface area contributed by atoms with Crippen molar-refractivity contribution in [3.63, 3.8) is 0 Å². The van der Waals surface area contributed by atoms with E-state index in [0.717, 1.165) is 67.2 Å². The number of halogens is 1. The number of hydrogen-bond donors (Lipinski definition) is 1. The summed E-state index contributed by atoms with van der Waals surface area (Å²) in [5.74, 6) is 1.15. The molecule has 2 aromatic carbocycles. The van der Waals surface area contributed by atoms with Crippen LogP contribution in [0.4, 0.5) is 11.4 Å². The third kappa shape index (κ3) is 4.39. The van der Waals surface area contributed by atoms with Gasteiger partial charge in [0.05, 0.1) is 17.1 Å². The molecule has 0 unspecified atom stereocenters. The molecule has 0 radical (unpaired) electrons. The van der Waals surface area contributed by atoms with Crippen LogP contribution in [0.3, 0.4) is 0 Å². The summed E-state index contributed by atoms with van der Waals surface area (Å²) in [7, 11) is 0. The van der Waals surface area contributed by atoms with Crippen LogP contribution in [0.25, 0.3) is 11.3 Å². The Balaban J connectivity index is 1.32. The summed E-state index contributed by atoms with van der Waals surface area (Å²) in [4.78, 5) is 26.1. The maximum Gasteiger partial charge on any atom is 0.230 e. The van der Waals surface area contributed by atoms with Crippen molar-refractivity contribution in [1.82, 2.24) is 9.97 Å². The lowest BCUT2D eigenvalue weighted by molar-refractivity contribution is -0.123. The van der Waals surface area contributed by atoms with Crippen molar-refractivity contribution in [2.24, 2.45) is 5.92 Å². The molecule has 1 aromatic heterocycles. The smallest absolute Gasteiger partial charge is 0.230 e. The first-order valence-electron chi connectivity index (χ1n) is 12.0. The molecule has 3 heterocycles. The van der Waals surface area contributed by atoms with Crippen LogP contribution < -0.4 is 9.80 Å². The molecular formula is C27H31ClN4O. The van der Waals surface area contributed by atoms with Gasteiger partial charge in [0, 0.05) is 48.2 Å². The molecule has 0 bridgehead atoms. The Morgan fingerprint density at radius 3 is 2.61 bits per heavy atom. The van der Waals surface area contributed by atoms with E-state index in [0.29, 0.717) is 11.6 Å². The van der Waals surface area contributed by atoms with Crippen LogP contribution in [0.2, 0.25) is 5.02 Å². The average molecular weight is 463 g/mol. The molecule has 3 aromatic rings. The number of aryl methyl sites for hydroxylation is 2. The number of benzene rings is 2. The standard InChI is InChI=1S/C27H31ClN4O/c1-3-4-19-5-8-22(9-6-19)31-14-11-20(12-15-31)27(33)32-16-13-24-26(30-18(2)29-24)23-17-21(28)7-10-25(23)32/h5-10,17,20H,3-4,11-16H2,1-2H3,(H,29,30). The molecular weight excluding hydrogens is 432 g/mol. The number of piperidine rings is 1. The van der Waals surface area contributed by atoms with E-state index in [1.807, 2.05) is 30.0 Å². The largest absolute Gasteiger partial charge is 0.371 e. The van der Waals surface area contributed by atoms with Gasteiger partial charge in [-0.3, -0.25) is 4.79 Å². The first-order valence-corrected chi connectivity index (χ1v) is 12.4. The third-order valence-corrected chi connectivity index (χ3v) is 7.17. The number of carbonyl (C=O) groups excluding carboxylic acids is 1. The Labute approximate surface area is 200 Å². The first-order chi connectivity index (χ1) is 16.0. The summed E-state index contributed by atoms with van der Waals surface area (Å²) in [5, 5.41) is 0.666. The number of nitrogens with zero attached hydrogens (tertiary/aromatic N) is 3. The minimum atomic E-state index is 0.0373. The van der Waals surface area contributed by atoms with Crippen molar-refractivity contribution in [1.29, 1.82) is 0 Å². The van der Waals surface area contributed by atoms with Crippen LogP contribution in [0, 0.1) is 12.8 Å². The Bertz CT molecular complexity index is 1150. The molecule has 0 aliphatic carbocycles. The number of amides is 1. The van der Waals surface area contributed by atoms with E-state index in [9.17, 15) is 4.79 Å². The minimum absolute atomic E-state index is 0.0373. The van der Waals surface area contributed by atoms with Crippen LogP contribution in [-0.4, -0.2) is 35.5 Å². The van der Waals surface area contributed by atoms with E-state index >= 15 is 0 Å². The van der Waals surface area contributed by atoms with Crippen molar-refractivity contribution >= 4 is 28.9 Å². The highest BCUT2D eigenvalue weighted by Crippen LogP contribution is 2.38. The second-order valence-electron chi connectivity index (χ2n) is 9.22. The number of anilines is 2. The van der Waals surface area contributed by atoms with Gasteiger partial charge in [-0.1, -0.05) is 37.1 Å². The third-order valence-electron chi connectivity index (χ3n) is 6.94. The van der Waals surface area contributed by atoms with Crippen LogP contribution in [-0.2, 0) is 17.6 Å². The molecule has 1 N–H and O–H groups in total. The quantitative estimate of drug-likeness (QED) is 0.533. The van der Waals surface area contributed by atoms with Gasteiger partial charge in [0.15, 0.2) is 0 Å². The number of nitrogens with one attached hydrogen (secondary N) is 1. The molecule has 2 aliphatic heterocycles. The number of carbonyl (C=O) groups is 1. The Kier molecular flexibility index (Phi) is 6.15. The monoisotopic (exact) mass is 462 g/mol. The molecule has 1 fully saturated rings. The van der Waals surface area contributed by atoms with Gasteiger partial charge in [-0.05, 0) is 62.1 Å². The number of rotatable bonds is 4. The highest BCUT2D eigenvalue weighted by molar-refractivity contribution is 6.31. The lowest BCUT2D eigenvalue weighted by Crippen LogP contribution is -2.43. The van der Waals surface area contributed by atoms with Crippen LogP contribution in [0.15, 0.2) is 42.5 Å². The number of imidazole rings is 1. The van der Waals surface area contributed by atoms with Crippen LogP contribution in [0.1, 0.15) is 43.3 Å². The SMILES string of the molecule is CCCc1ccc(N2CCC(C(=O)N3CCc4nc(C)[nH]c4-c4cc(Cl)ccc43)CC2)cc1. The van der Waals surface area contributed by atoms with Gasteiger partial charge in [0.1, 0.15) is 5.82 Å². The zero-order chi connectivity index (χ0) is 22.9. The second-order valence-corrected chi connectivity index (χ2v) is 9.66. The van der Waals surface area contributed by atoms with Crippen LogP contribution >= 0.6 is 11.6 Å². The summed E-state index contributed by atoms with van der Waals surface area (Å²) >= 11 is 6.34. The van der Waals surface area contributed by atoms with Gasteiger partial charge >= 0.3 is 0 Å². The molecule has 5 nitrogen and oxygen atoms in total. The van der Waals surface area contributed by atoms with E-state index in [4.69, 9.17) is 11.6 Å². The number of aromatic nitrogens is 2. The fourth-order valence-corrected chi connectivity index (χ4v) is 5.39. The summed E-state index contributed by atoms with van der Waals surface area (Å²) < 4.78 is 0. The summed E-state index contributed by atoms with van der Waals surface area (Å²) in [5.41, 5.74) is 6.54. The Morgan fingerprint density at radius 2 is 1.88 bits per heavy atom. The predicted molar refractivity (Wildman–Crippen MR) is 135 cm³/mol. The van der Waals surface area contributed by atoms with Crippen molar-refractivity contribution in [2.45, 2.75) is 46.0 Å². The summed E-state index contributed by atoms with van der Waals surface area (Å²) in [6.07, 6.45) is 4.77. The first kappa shape index (κ1) is 22.0. The molecule has 6 heteroatoms. The average Bonchev–Trinajstić information content (AvgIpc) is 3.14. The summed E-state index contributed by atoms with van der Waals surface area (Å²) in [6, 6.07) is 14.7. The minimum Gasteiger partial charge on any atom is -0.371 e. The zero-order valence-corrected chi connectivity index (χ0v) is 20.2. The fourth-order valence-electron chi connectivity index (χ4n) is 5.22. The number of fused-ring (bicyclic) bond motifs is 3. The Hall–Kier alpha value is -2.79. The van der Waals surface area contributed by atoms with Crippen molar-refractivity contribution in [2.75, 3.05) is 29.4 Å². The molecule has 33 heavy (non-hydrogen) atoms. The highest BCUT2D eigenvalue weighted by Gasteiger charge is 2.32. The van der Waals surface area contributed by atoms with Crippen LogP contribution in [0.5, 0.6) is 0 Å². The molecule has 172 valence electrons. The zero-order valence-electron chi connectivity index (χ0n) is 19.4. The predicted octanol–water partition coefficient (Wildman–Crippen LogP) is 5.80. The number of H-pyrrole nitrogens is 1. The number of hydrogen-bond acceptors (Lipinski definition) is 3. The van der Waals surface area contributed by atoms with E-state index in [1.165, 1.54) is 17.7 Å². The van der Waals surface area contributed by atoms with E-state index < -0.39 is 0 Å². The lowest BCUT2D eigenvalue weighted by atomic mass is 9.94. The van der Waals surface area contributed by atoms with Crippen molar-refractivity contribution < 1.29 is 4.79 Å². The van der Waals surface area contributed by atoms with Gasteiger partial charge in [0.2, 0.25) is 5.91 Å². The summed E-state index contributed by atoms with van der Waals surface area (Å²) in [6.45, 7) is 6.63. The molecule has 1 saturated heterocycles. The van der Waals surface area contributed by atoms with Gasteiger partial charge in [-0.25, -0.2) is 4.98 Å². The maximum atomic E-state index is 13.7. The normalized spacial score (nSPS) is 16.3. The number of aromatic amines is 1. The van der Waals surface area contributed by atoms with E-state index in [-0.39, 0.29) is 11.8 Å². The molecule has 0 saturated carbocycles. The lowest BCUT2D eigenvalue weighted by Gasteiger charge is -2.35. The molecule has 2 aliphatic rings. The van der Waals surface area contributed by atoms with Gasteiger partial charge < -0.3 is 14.8 Å². The second kappa shape index (κ2) is 9.22. The fraction of sp³-hybridized carbons (Fsp3) is 0.407. The molecule has 5 rings (SSSR count). The Morgan fingerprint density at radius 1 is 1.12 bits per heavy atom. The van der Waals surface area contributed by atoms with E-state index in [1.54, 1.807) is 0 Å². The van der Waals surface area contributed by atoms with E-state index in [2.05, 4.69) is 46.1 Å². The molecule has 0 atom stereocenters. The highest BCUT2D eigenvalue weighted by atomic mass is 35.5. The van der Waals surface area contributed by atoms with Crippen molar-refractivity contribution in [3.05, 3.63) is 64.6 Å². The van der Waals surface area contributed by atoms with Crippen molar-refractivity contribution in [3.8, 4) is 11.3 Å². The van der Waals surface area contributed by atoms with Gasteiger partial charge in [-0.2, -0.15) is 0 Å². The van der Waals surface area contributed by atoms with Gasteiger partial charge in [-0.15, -0.1) is 0 Å². The molecule has 1 amide bonds. The van der Waals surface area contributed by atoms with Gasteiger partial charge in [0.25, 0.3) is 0 Å². The topological polar surface area (TPSA) is 52.2 Å². The maximum absolute atomic E-state index is 13.7.